The Morgan fingerprint density at radius 3 is 3.06 bits per heavy atom. The largest absolute Gasteiger partial charge is 0.407 e. The van der Waals surface area contributed by atoms with Gasteiger partial charge < -0.3 is 14.6 Å². The second-order valence-electron chi connectivity index (χ2n) is 5.13. The molecule has 1 atom stereocenters. The number of aromatic nitrogens is 2. The Bertz CT molecular complexity index is 369. The normalized spacial score (nSPS) is 20.7. The van der Waals surface area contributed by atoms with Crippen LogP contribution in [0.5, 0.6) is 0 Å². The summed E-state index contributed by atoms with van der Waals surface area (Å²) in [5.41, 5.74) is 0. The molecule has 2 rings (SSSR count). The summed E-state index contributed by atoms with van der Waals surface area (Å²) in [7, 11) is 0. The first-order valence-electron chi connectivity index (χ1n) is 6.55. The zero-order valence-corrected chi connectivity index (χ0v) is 12.2. The van der Waals surface area contributed by atoms with Crippen LogP contribution in [0.1, 0.15) is 26.7 Å². The van der Waals surface area contributed by atoms with E-state index in [9.17, 15) is 0 Å². The third-order valence-corrected chi connectivity index (χ3v) is 3.93. The van der Waals surface area contributed by atoms with Crippen molar-refractivity contribution in [3.63, 3.8) is 0 Å². The number of nitrogens with one attached hydrogen (secondary N) is 1. The van der Waals surface area contributed by atoms with Gasteiger partial charge in [0.1, 0.15) is 0 Å². The van der Waals surface area contributed by atoms with Crippen LogP contribution in [0.2, 0.25) is 0 Å². The summed E-state index contributed by atoms with van der Waals surface area (Å²) in [6.45, 7) is 10.2. The zero-order chi connectivity index (χ0) is 13.0. The molecule has 1 aromatic rings. The van der Waals surface area contributed by atoms with Crippen molar-refractivity contribution < 1.29 is 4.42 Å². The van der Waals surface area contributed by atoms with Crippen LogP contribution in [0.25, 0.3) is 0 Å². The molecule has 1 aliphatic heterocycles. The summed E-state index contributed by atoms with van der Waals surface area (Å²) in [5.74, 6) is 2.44. The highest BCUT2D eigenvalue weighted by Crippen LogP contribution is 2.22. The SMILES string of the molecule is CC(C)CNCc1nnc(N2CCSC(C)C2)o1. The molecule has 6 heteroatoms. The van der Waals surface area contributed by atoms with Gasteiger partial charge in [0.2, 0.25) is 5.89 Å². The van der Waals surface area contributed by atoms with Gasteiger partial charge in [0.05, 0.1) is 6.54 Å². The first-order valence-corrected chi connectivity index (χ1v) is 7.59. The fraction of sp³-hybridized carbons (Fsp3) is 0.833. The molecule has 1 aliphatic rings. The van der Waals surface area contributed by atoms with E-state index >= 15 is 0 Å². The van der Waals surface area contributed by atoms with Gasteiger partial charge >= 0.3 is 6.01 Å². The van der Waals surface area contributed by atoms with E-state index in [4.69, 9.17) is 4.42 Å². The van der Waals surface area contributed by atoms with Gasteiger partial charge in [0.25, 0.3) is 0 Å². The van der Waals surface area contributed by atoms with Crippen LogP contribution in [-0.2, 0) is 6.54 Å². The van der Waals surface area contributed by atoms with Gasteiger partial charge in [-0.25, -0.2) is 0 Å². The minimum Gasteiger partial charge on any atom is -0.407 e. The highest BCUT2D eigenvalue weighted by Gasteiger charge is 2.21. The summed E-state index contributed by atoms with van der Waals surface area (Å²) in [6, 6.07) is 0.670. The molecule has 1 saturated heterocycles. The quantitative estimate of drug-likeness (QED) is 0.880. The third-order valence-electron chi connectivity index (χ3n) is 2.80. The van der Waals surface area contributed by atoms with Crippen molar-refractivity contribution in [2.45, 2.75) is 32.6 Å². The molecular formula is C12H22N4OS. The van der Waals surface area contributed by atoms with Crippen LogP contribution >= 0.6 is 11.8 Å². The molecule has 102 valence electrons. The van der Waals surface area contributed by atoms with Crippen LogP contribution in [0.15, 0.2) is 4.42 Å². The van der Waals surface area contributed by atoms with Gasteiger partial charge in [-0.2, -0.15) is 11.8 Å². The molecule has 0 radical (unpaired) electrons. The Morgan fingerprint density at radius 2 is 2.33 bits per heavy atom. The van der Waals surface area contributed by atoms with Crippen molar-refractivity contribution >= 4 is 17.8 Å². The van der Waals surface area contributed by atoms with Gasteiger partial charge in [-0.05, 0) is 12.5 Å². The standard InChI is InChI=1S/C12H22N4OS/c1-9(2)6-13-7-11-14-15-12(17-11)16-4-5-18-10(3)8-16/h9-10,13H,4-8H2,1-3H3. The van der Waals surface area contributed by atoms with Gasteiger partial charge in [-0.1, -0.05) is 25.9 Å². The molecule has 0 saturated carbocycles. The number of nitrogens with zero attached hydrogens (tertiary/aromatic N) is 3. The number of hydrogen-bond donors (Lipinski definition) is 1. The molecule has 0 spiro atoms. The maximum atomic E-state index is 5.69. The van der Waals surface area contributed by atoms with Crippen molar-refractivity contribution in [3.05, 3.63) is 5.89 Å². The molecular weight excluding hydrogens is 248 g/mol. The average molecular weight is 270 g/mol. The molecule has 1 N–H and O–H groups in total. The second kappa shape index (κ2) is 6.43. The topological polar surface area (TPSA) is 54.2 Å². The smallest absolute Gasteiger partial charge is 0.318 e. The number of hydrogen-bond acceptors (Lipinski definition) is 6. The molecule has 0 aromatic carbocycles. The number of thioether (sulfide) groups is 1. The van der Waals surface area contributed by atoms with E-state index in [-0.39, 0.29) is 0 Å². The number of anilines is 1. The Morgan fingerprint density at radius 1 is 1.50 bits per heavy atom. The highest BCUT2D eigenvalue weighted by molar-refractivity contribution is 8.00. The molecule has 0 amide bonds. The van der Waals surface area contributed by atoms with E-state index in [1.165, 1.54) is 0 Å². The van der Waals surface area contributed by atoms with Crippen LogP contribution in [0.3, 0.4) is 0 Å². The Balaban J connectivity index is 1.85. The van der Waals surface area contributed by atoms with E-state index in [2.05, 4.69) is 41.2 Å². The van der Waals surface area contributed by atoms with E-state index in [0.717, 1.165) is 25.4 Å². The van der Waals surface area contributed by atoms with Crippen LogP contribution < -0.4 is 10.2 Å². The van der Waals surface area contributed by atoms with Crippen molar-refractivity contribution in [2.24, 2.45) is 5.92 Å². The fourth-order valence-electron chi connectivity index (χ4n) is 1.90. The molecule has 0 aliphatic carbocycles. The lowest BCUT2D eigenvalue weighted by Gasteiger charge is -2.28. The molecule has 2 heterocycles. The molecule has 18 heavy (non-hydrogen) atoms. The maximum absolute atomic E-state index is 5.69. The predicted octanol–water partition coefficient (Wildman–Crippen LogP) is 1.76. The molecule has 1 fully saturated rings. The van der Waals surface area contributed by atoms with Crippen molar-refractivity contribution in [1.82, 2.24) is 15.5 Å². The van der Waals surface area contributed by atoms with Crippen LogP contribution in [0.4, 0.5) is 6.01 Å². The third kappa shape index (κ3) is 3.88. The fourth-order valence-corrected chi connectivity index (χ4v) is 2.92. The lowest BCUT2D eigenvalue weighted by atomic mass is 10.2. The van der Waals surface area contributed by atoms with Crippen molar-refractivity contribution in [3.8, 4) is 0 Å². The summed E-state index contributed by atoms with van der Waals surface area (Å²) in [5, 5.41) is 12.2. The van der Waals surface area contributed by atoms with Crippen LogP contribution in [-0.4, -0.2) is 40.8 Å². The summed E-state index contributed by atoms with van der Waals surface area (Å²) in [4.78, 5) is 2.18. The molecule has 1 aromatic heterocycles. The summed E-state index contributed by atoms with van der Waals surface area (Å²) in [6.07, 6.45) is 0. The van der Waals surface area contributed by atoms with Crippen LogP contribution in [0, 0.1) is 5.92 Å². The minimum atomic E-state index is 0.632. The van der Waals surface area contributed by atoms with Gasteiger partial charge in [0.15, 0.2) is 0 Å². The monoisotopic (exact) mass is 270 g/mol. The maximum Gasteiger partial charge on any atom is 0.318 e. The molecule has 1 unspecified atom stereocenters. The van der Waals surface area contributed by atoms with E-state index in [1.54, 1.807) is 0 Å². The lowest BCUT2D eigenvalue weighted by molar-refractivity contribution is 0.447. The van der Waals surface area contributed by atoms with Crippen molar-refractivity contribution in [2.75, 3.05) is 30.3 Å². The Kier molecular flexibility index (Phi) is 4.88. The number of rotatable bonds is 5. The Hall–Kier alpha value is -0.750. The average Bonchev–Trinajstić information content (AvgIpc) is 2.77. The first-order chi connectivity index (χ1) is 8.65. The predicted molar refractivity (Wildman–Crippen MR) is 75.0 cm³/mol. The zero-order valence-electron chi connectivity index (χ0n) is 11.3. The highest BCUT2D eigenvalue weighted by atomic mass is 32.2. The molecule has 0 bridgehead atoms. The van der Waals surface area contributed by atoms with E-state index in [0.29, 0.717) is 29.6 Å². The minimum absolute atomic E-state index is 0.632. The van der Waals surface area contributed by atoms with E-state index in [1.807, 2.05) is 11.8 Å². The van der Waals surface area contributed by atoms with Crippen molar-refractivity contribution in [1.29, 1.82) is 0 Å². The first kappa shape index (κ1) is 13.7. The van der Waals surface area contributed by atoms with E-state index < -0.39 is 0 Å². The lowest BCUT2D eigenvalue weighted by Crippen LogP contribution is -2.36. The van der Waals surface area contributed by atoms with Gasteiger partial charge in [-0.3, -0.25) is 0 Å². The molecule has 5 nitrogen and oxygen atoms in total. The van der Waals surface area contributed by atoms with Gasteiger partial charge in [-0.15, -0.1) is 5.10 Å². The second-order valence-corrected chi connectivity index (χ2v) is 6.68. The Labute approximate surface area is 113 Å². The summed E-state index contributed by atoms with van der Waals surface area (Å²) < 4.78 is 5.69. The summed E-state index contributed by atoms with van der Waals surface area (Å²) >= 11 is 2.00. The van der Waals surface area contributed by atoms with Gasteiger partial charge in [0, 0.05) is 24.1 Å².